The van der Waals surface area contributed by atoms with E-state index >= 15 is 0 Å². The van der Waals surface area contributed by atoms with Gasteiger partial charge in [-0.2, -0.15) is 0 Å². The summed E-state index contributed by atoms with van der Waals surface area (Å²) in [4.78, 5) is 0. The molecule has 0 aromatic heterocycles. The normalized spacial score (nSPS) is 16.0. The van der Waals surface area contributed by atoms with Gasteiger partial charge in [0.2, 0.25) is 0 Å². The van der Waals surface area contributed by atoms with Gasteiger partial charge in [-0.3, -0.25) is 0 Å². The molecule has 2 nitrogen and oxygen atoms in total. The van der Waals surface area contributed by atoms with Gasteiger partial charge in [-0.1, -0.05) is 41.2 Å². The Balaban J connectivity index is 4.36. The largest absolute Gasteiger partial charge is 0.388 e. The lowest BCUT2D eigenvalue weighted by Gasteiger charge is -2.36. The van der Waals surface area contributed by atoms with Crippen LogP contribution in [0.4, 0.5) is 0 Å². The van der Waals surface area contributed by atoms with Gasteiger partial charge in [-0.25, -0.2) is 0 Å². The van der Waals surface area contributed by atoms with E-state index in [-0.39, 0.29) is 11.0 Å². The second kappa shape index (κ2) is 5.72. The van der Waals surface area contributed by atoms with Crippen molar-refractivity contribution in [2.75, 3.05) is 6.54 Å². The van der Waals surface area contributed by atoms with E-state index < -0.39 is 0 Å². The van der Waals surface area contributed by atoms with E-state index in [2.05, 4.69) is 53.4 Å². The zero-order chi connectivity index (χ0) is 13.0. The summed E-state index contributed by atoms with van der Waals surface area (Å²) in [5, 5.41) is 3.42. The fraction of sp³-hybridized carbons (Fsp3) is 0.857. The molecule has 0 aromatic carbocycles. The second-order valence-electron chi connectivity index (χ2n) is 6.32. The first-order valence-corrected chi connectivity index (χ1v) is 6.33. The molecule has 1 unspecified atom stereocenters. The van der Waals surface area contributed by atoms with Gasteiger partial charge in [-0.15, -0.1) is 0 Å². The highest BCUT2D eigenvalue weighted by Gasteiger charge is 2.30. The van der Waals surface area contributed by atoms with Crippen LogP contribution in [0, 0.1) is 11.3 Å². The van der Waals surface area contributed by atoms with Crippen LogP contribution in [-0.2, 0) is 0 Å². The van der Waals surface area contributed by atoms with Crippen molar-refractivity contribution in [3.05, 3.63) is 12.3 Å². The average molecular weight is 226 g/mol. The van der Waals surface area contributed by atoms with Crippen LogP contribution >= 0.6 is 0 Å². The van der Waals surface area contributed by atoms with Gasteiger partial charge in [-0.05, 0) is 25.7 Å². The van der Waals surface area contributed by atoms with Crippen LogP contribution in [0.15, 0.2) is 12.3 Å². The van der Waals surface area contributed by atoms with E-state index in [1.54, 1.807) is 0 Å². The molecule has 2 heteroatoms. The Bertz CT molecular complexity index is 227. The third kappa shape index (κ3) is 5.55. The van der Waals surface area contributed by atoms with Gasteiger partial charge in [0.1, 0.15) is 0 Å². The molecule has 0 aliphatic rings. The maximum Gasteiger partial charge on any atom is 0.0167 e. The molecule has 0 radical (unpaired) electrons. The van der Waals surface area contributed by atoms with Crippen molar-refractivity contribution in [3.8, 4) is 0 Å². The van der Waals surface area contributed by atoms with Crippen LogP contribution in [0.2, 0.25) is 0 Å². The molecule has 0 amide bonds. The Morgan fingerprint density at radius 2 is 1.81 bits per heavy atom. The highest BCUT2D eigenvalue weighted by atomic mass is 14.9. The number of allylic oxidation sites excluding steroid dienone is 1. The molecule has 0 heterocycles. The highest BCUT2D eigenvalue weighted by Crippen LogP contribution is 2.33. The van der Waals surface area contributed by atoms with E-state index in [1.807, 2.05) is 0 Å². The monoisotopic (exact) mass is 226 g/mol. The van der Waals surface area contributed by atoms with Crippen LogP contribution in [0.1, 0.15) is 54.4 Å². The van der Waals surface area contributed by atoms with Crippen LogP contribution in [0.5, 0.6) is 0 Å². The second-order valence-corrected chi connectivity index (χ2v) is 6.32. The van der Waals surface area contributed by atoms with Crippen molar-refractivity contribution in [2.45, 2.75) is 59.9 Å². The molecule has 0 aromatic rings. The van der Waals surface area contributed by atoms with E-state index in [0.717, 1.165) is 25.1 Å². The molecular formula is C14H30N2. The lowest BCUT2D eigenvalue weighted by Crippen LogP contribution is -2.42. The van der Waals surface area contributed by atoms with E-state index in [1.165, 1.54) is 0 Å². The fourth-order valence-electron chi connectivity index (χ4n) is 1.81. The lowest BCUT2D eigenvalue weighted by molar-refractivity contribution is 0.269. The zero-order valence-electron chi connectivity index (χ0n) is 12.0. The van der Waals surface area contributed by atoms with Gasteiger partial charge in [0.05, 0.1) is 0 Å². The third-order valence-electron chi connectivity index (χ3n) is 3.19. The van der Waals surface area contributed by atoms with Crippen LogP contribution in [0.3, 0.4) is 0 Å². The van der Waals surface area contributed by atoms with E-state index in [0.29, 0.717) is 5.92 Å². The summed E-state index contributed by atoms with van der Waals surface area (Å²) >= 11 is 0. The van der Waals surface area contributed by atoms with Gasteiger partial charge < -0.3 is 11.1 Å². The number of hydrogen-bond acceptors (Lipinski definition) is 2. The summed E-state index contributed by atoms with van der Waals surface area (Å²) in [7, 11) is 0. The van der Waals surface area contributed by atoms with E-state index in [4.69, 9.17) is 5.73 Å². The first-order valence-electron chi connectivity index (χ1n) is 6.33. The van der Waals surface area contributed by atoms with Gasteiger partial charge in [0, 0.05) is 23.2 Å². The van der Waals surface area contributed by atoms with Crippen molar-refractivity contribution >= 4 is 0 Å². The summed E-state index contributed by atoms with van der Waals surface area (Å²) in [6.07, 6.45) is 1.95. The number of rotatable bonds is 7. The average Bonchev–Trinajstić information content (AvgIpc) is 2.12. The van der Waals surface area contributed by atoms with Crippen molar-refractivity contribution < 1.29 is 0 Å². The van der Waals surface area contributed by atoms with Crippen LogP contribution in [-0.4, -0.2) is 12.1 Å². The lowest BCUT2D eigenvalue weighted by atomic mass is 9.76. The molecule has 0 aliphatic heterocycles. The first kappa shape index (κ1) is 15.5. The Hall–Kier alpha value is -0.500. The molecule has 16 heavy (non-hydrogen) atoms. The fourth-order valence-corrected chi connectivity index (χ4v) is 1.81. The topological polar surface area (TPSA) is 38.0 Å². The summed E-state index contributed by atoms with van der Waals surface area (Å²) in [6.45, 7) is 18.2. The maximum absolute atomic E-state index is 6.23. The summed E-state index contributed by atoms with van der Waals surface area (Å²) in [5.74, 6) is 0.642. The molecular weight excluding hydrogens is 196 g/mol. The molecule has 0 aliphatic carbocycles. The minimum atomic E-state index is -0.105. The molecule has 96 valence electrons. The predicted octanol–water partition coefficient (Wildman–Crippen LogP) is 3.29. The summed E-state index contributed by atoms with van der Waals surface area (Å²) in [6, 6.07) is 0. The molecule has 0 bridgehead atoms. The molecule has 0 rings (SSSR count). The maximum atomic E-state index is 6.23. The Morgan fingerprint density at radius 3 is 2.19 bits per heavy atom. The van der Waals surface area contributed by atoms with Crippen LogP contribution in [0.25, 0.3) is 0 Å². The van der Waals surface area contributed by atoms with Crippen molar-refractivity contribution in [1.29, 1.82) is 0 Å². The van der Waals surface area contributed by atoms with Crippen molar-refractivity contribution in [2.24, 2.45) is 17.1 Å². The first-order chi connectivity index (χ1) is 7.10. The highest BCUT2D eigenvalue weighted by molar-refractivity contribution is 5.07. The number of nitrogens with one attached hydrogen (secondary N) is 1. The van der Waals surface area contributed by atoms with Crippen LogP contribution < -0.4 is 11.1 Å². The molecule has 0 saturated heterocycles. The number of hydrogen-bond donors (Lipinski definition) is 2. The molecule has 0 fully saturated rings. The minimum Gasteiger partial charge on any atom is -0.388 e. The zero-order valence-corrected chi connectivity index (χ0v) is 12.0. The van der Waals surface area contributed by atoms with Crippen molar-refractivity contribution in [1.82, 2.24) is 5.32 Å². The van der Waals surface area contributed by atoms with Gasteiger partial charge in [0.15, 0.2) is 0 Å². The standard InChI is InChI=1S/C14H30N2/c1-8-14(7,15)10-13(5,6)12(4)16-9-11(2)3/h11,16H,4,8-10,15H2,1-3,5-7H3. The molecule has 3 N–H and O–H groups in total. The number of nitrogens with two attached hydrogens (primary N) is 1. The third-order valence-corrected chi connectivity index (χ3v) is 3.19. The summed E-state index contributed by atoms with van der Waals surface area (Å²) < 4.78 is 0. The Kier molecular flexibility index (Phi) is 5.54. The Morgan fingerprint density at radius 1 is 1.31 bits per heavy atom. The predicted molar refractivity (Wildman–Crippen MR) is 73.3 cm³/mol. The molecule has 0 saturated carbocycles. The minimum absolute atomic E-state index is 0.0500. The Labute approximate surface area is 102 Å². The van der Waals surface area contributed by atoms with Gasteiger partial charge >= 0.3 is 0 Å². The van der Waals surface area contributed by atoms with Gasteiger partial charge in [0.25, 0.3) is 0 Å². The molecule has 0 spiro atoms. The quantitative estimate of drug-likeness (QED) is 0.699. The smallest absolute Gasteiger partial charge is 0.0167 e. The SMILES string of the molecule is C=C(NCC(C)C)C(C)(C)CC(C)(N)CC. The van der Waals surface area contributed by atoms with E-state index in [9.17, 15) is 0 Å². The summed E-state index contributed by atoms with van der Waals surface area (Å²) in [5.41, 5.74) is 7.27. The van der Waals surface area contributed by atoms with Crippen molar-refractivity contribution in [3.63, 3.8) is 0 Å². The molecule has 1 atom stereocenters.